The summed E-state index contributed by atoms with van der Waals surface area (Å²) in [5.74, 6) is -1.92. The number of anilines is 1. The van der Waals surface area contributed by atoms with Crippen molar-refractivity contribution in [1.82, 2.24) is 9.55 Å². The highest BCUT2D eigenvalue weighted by Crippen LogP contribution is 2.42. The first-order valence-electron chi connectivity index (χ1n) is 8.61. The number of rotatable bonds is 5. The van der Waals surface area contributed by atoms with E-state index in [2.05, 4.69) is 19.8 Å². The number of aromatic nitrogens is 2. The van der Waals surface area contributed by atoms with Crippen molar-refractivity contribution in [2.75, 3.05) is 11.9 Å². The average Bonchev–Trinajstić information content (AvgIpc) is 3.01. The van der Waals surface area contributed by atoms with Crippen molar-refractivity contribution in [3.05, 3.63) is 59.0 Å². The van der Waals surface area contributed by atoms with E-state index in [0.29, 0.717) is 11.0 Å². The third kappa shape index (κ3) is 4.04. The molecule has 1 aliphatic rings. The van der Waals surface area contributed by atoms with Crippen LogP contribution in [0.5, 0.6) is 11.5 Å². The molecule has 1 amide bonds. The van der Waals surface area contributed by atoms with Crippen LogP contribution in [-0.4, -0.2) is 34.3 Å². The number of carbonyl (C=O) groups is 2. The number of nitrogens with zero attached hydrogens (tertiary/aromatic N) is 2. The molecule has 30 heavy (non-hydrogen) atoms. The molecule has 0 radical (unpaired) electrons. The lowest BCUT2D eigenvalue weighted by Crippen LogP contribution is -2.28. The zero-order chi connectivity index (χ0) is 21.3. The predicted molar refractivity (Wildman–Crippen MR) is 98.2 cm³/mol. The number of ether oxygens (including phenoxy) is 3. The molecule has 0 aliphatic carbocycles. The van der Waals surface area contributed by atoms with E-state index >= 15 is 0 Å². The minimum Gasteiger partial charge on any atom is -0.454 e. The summed E-state index contributed by atoms with van der Waals surface area (Å²) in [6.45, 7) is -1.05. The number of alkyl halides is 2. The standard InChI is InChI=1S/C19H13F2N3O6/c20-19(21)29-14-6-5-11(7-15(14)30-19)23-16(25)10-28-18(27)9-24-13-4-2-1-3-12(13)22-8-17(24)26/h1-8H,9-10H2,(H,23,25). The number of carbonyl (C=O) groups excluding carboxylic acids is 2. The normalized spacial score (nSPS) is 13.8. The van der Waals surface area contributed by atoms with Crippen molar-refractivity contribution in [2.45, 2.75) is 12.8 Å². The van der Waals surface area contributed by atoms with E-state index in [4.69, 9.17) is 4.74 Å². The molecule has 4 rings (SSSR count). The molecule has 11 heteroatoms. The number of esters is 1. The highest BCUT2D eigenvalue weighted by atomic mass is 19.3. The largest absolute Gasteiger partial charge is 0.586 e. The fourth-order valence-electron chi connectivity index (χ4n) is 2.82. The maximum Gasteiger partial charge on any atom is 0.586 e. The Hall–Kier alpha value is -4.02. The van der Waals surface area contributed by atoms with Gasteiger partial charge in [-0.3, -0.25) is 19.0 Å². The summed E-state index contributed by atoms with van der Waals surface area (Å²) < 4.78 is 40.7. The first-order chi connectivity index (χ1) is 14.3. The molecular weight excluding hydrogens is 404 g/mol. The molecule has 1 aliphatic heterocycles. The quantitative estimate of drug-likeness (QED) is 0.632. The van der Waals surface area contributed by atoms with Gasteiger partial charge in [-0.25, -0.2) is 4.98 Å². The second kappa shape index (κ2) is 7.43. The van der Waals surface area contributed by atoms with Crippen molar-refractivity contribution < 1.29 is 32.6 Å². The van der Waals surface area contributed by atoms with Crippen LogP contribution in [0.2, 0.25) is 0 Å². The lowest BCUT2D eigenvalue weighted by atomic mass is 10.3. The molecule has 0 fully saturated rings. The van der Waals surface area contributed by atoms with E-state index in [1.807, 2.05) is 0 Å². The van der Waals surface area contributed by atoms with Gasteiger partial charge in [0.15, 0.2) is 18.1 Å². The van der Waals surface area contributed by atoms with Crippen LogP contribution in [0.15, 0.2) is 53.5 Å². The summed E-state index contributed by atoms with van der Waals surface area (Å²) in [6.07, 6.45) is -2.68. The van der Waals surface area contributed by atoms with Crippen molar-refractivity contribution >= 4 is 28.6 Å². The zero-order valence-corrected chi connectivity index (χ0v) is 15.1. The van der Waals surface area contributed by atoms with Crippen LogP contribution in [0.3, 0.4) is 0 Å². The molecular formula is C19H13F2N3O6. The monoisotopic (exact) mass is 417 g/mol. The van der Waals surface area contributed by atoms with Gasteiger partial charge in [-0.1, -0.05) is 12.1 Å². The molecule has 154 valence electrons. The fourth-order valence-corrected chi connectivity index (χ4v) is 2.82. The number of amides is 1. The summed E-state index contributed by atoms with van der Waals surface area (Å²) in [7, 11) is 0. The number of nitrogens with one attached hydrogen (secondary N) is 1. The molecule has 0 spiro atoms. The van der Waals surface area contributed by atoms with E-state index in [1.54, 1.807) is 24.3 Å². The Labute approximate surface area is 166 Å². The highest BCUT2D eigenvalue weighted by Gasteiger charge is 2.43. The van der Waals surface area contributed by atoms with Gasteiger partial charge in [-0.15, -0.1) is 8.78 Å². The van der Waals surface area contributed by atoms with Gasteiger partial charge in [0.1, 0.15) is 6.54 Å². The molecule has 0 atom stereocenters. The SMILES string of the molecule is O=C(COC(=O)Cn1c(=O)cnc2ccccc21)Nc1ccc2c(c1)OC(F)(F)O2. The first kappa shape index (κ1) is 19.3. The van der Waals surface area contributed by atoms with Crippen molar-refractivity contribution in [3.63, 3.8) is 0 Å². The van der Waals surface area contributed by atoms with Gasteiger partial charge in [0.25, 0.3) is 11.5 Å². The number of halogens is 2. The Morgan fingerprint density at radius 3 is 2.73 bits per heavy atom. The molecule has 9 nitrogen and oxygen atoms in total. The van der Waals surface area contributed by atoms with Gasteiger partial charge >= 0.3 is 12.3 Å². The summed E-state index contributed by atoms with van der Waals surface area (Å²) in [6, 6.07) is 10.4. The summed E-state index contributed by atoms with van der Waals surface area (Å²) in [5, 5.41) is 2.38. The highest BCUT2D eigenvalue weighted by molar-refractivity contribution is 5.93. The van der Waals surface area contributed by atoms with E-state index in [-0.39, 0.29) is 17.2 Å². The zero-order valence-electron chi connectivity index (χ0n) is 15.1. The van der Waals surface area contributed by atoms with E-state index in [9.17, 15) is 23.2 Å². The Balaban J connectivity index is 1.36. The lowest BCUT2D eigenvalue weighted by molar-refractivity contribution is -0.286. The maximum atomic E-state index is 13.0. The van der Waals surface area contributed by atoms with E-state index < -0.39 is 36.9 Å². The Kier molecular flexibility index (Phi) is 4.78. The van der Waals surface area contributed by atoms with E-state index in [0.717, 1.165) is 12.3 Å². The molecule has 2 heterocycles. The van der Waals surface area contributed by atoms with Crippen LogP contribution < -0.4 is 20.3 Å². The smallest absolute Gasteiger partial charge is 0.454 e. The molecule has 2 aromatic carbocycles. The van der Waals surface area contributed by atoms with Gasteiger partial charge in [0, 0.05) is 11.8 Å². The van der Waals surface area contributed by atoms with Crippen molar-refractivity contribution in [2.24, 2.45) is 0 Å². The van der Waals surface area contributed by atoms with E-state index in [1.165, 1.54) is 16.7 Å². The fraction of sp³-hybridized carbons (Fsp3) is 0.158. The first-order valence-corrected chi connectivity index (χ1v) is 8.61. The number of para-hydroxylation sites is 2. The summed E-state index contributed by atoms with van der Waals surface area (Å²) >= 11 is 0. The third-order valence-electron chi connectivity index (χ3n) is 4.09. The Morgan fingerprint density at radius 2 is 1.90 bits per heavy atom. The molecule has 0 bridgehead atoms. The lowest BCUT2D eigenvalue weighted by Gasteiger charge is -2.10. The average molecular weight is 417 g/mol. The van der Waals surface area contributed by atoms with Gasteiger partial charge in [0.05, 0.1) is 17.2 Å². The van der Waals surface area contributed by atoms with Gasteiger partial charge in [0.2, 0.25) is 0 Å². The molecule has 1 aromatic heterocycles. The summed E-state index contributed by atoms with van der Waals surface area (Å²) in [4.78, 5) is 40.1. The van der Waals surface area contributed by atoms with Gasteiger partial charge in [-0.05, 0) is 24.3 Å². The minimum absolute atomic E-state index is 0.146. The molecule has 0 saturated heterocycles. The second-order valence-corrected chi connectivity index (χ2v) is 6.21. The number of hydrogen-bond donors (Lipinski definition) is 1. The van der Waals surface area contributed by atoms with Crippen LogP contribution in [-0.2, 0) is 20.9 Å². The molecule has 1 N–H and O–H groups in total. The van der Waals surface area contributed by atoms with Crippen LogP contribution in [0.1, 0.15) is 0 Å². The maximum absolute atomic E-state index is 13.0. The van der Waals surface area contributed by atoms with Crippen LogP contribution in [0.4, 0.5) is 14.5 Å². The minimum atomic E-state index is -3.77. The third-order valence-corrected chi connectivity index (χ3v) is 4.09. The molecule has 0 unspecified atom stereocenters. The Bertz CT molecular complexity index is 1210. The van der Waals surface area contributed by atoms with Crippen molar-refractivity contribution in [3.8, 4) is 11.5 Å². The van der Waals surface area contributed by atoms with Gasteiger partial charge in [-0.2, -0.15) is 0 Å². The topological polar surface area (TPSA) is 109 Å². The van der Waals surface area contributed by atoms with Crippen LogP contribution in [0, 0.1) is 0 Å². The predicted octanol–water partition coefficient (Wildman–Crippen LogP) is 1.90. The second-order valence-electron chi connectivity index (χ2n) is 6.21. The number of hydrogen-bond acceptors (Lipinski definition) is 7. The number of fused-ring (bicyclic) bond motifs is 2. The molecule has 3 aromatic rings. The molecule has 0 saturated carbocycles. The Morgan fingerprint density at radius 1 is 1.13 bits per heavy atom. The van der Waals surface area contributed by atoms with Crippen LogP contribution >= 0.6 is 0 Å². The van der Waals surface area contributed by atoms with Crippen molar-refractivity contribution in [1.29, 1.82) is 0 Å². The van der Waals surface area contributed by atoms with Crippen LogP contribution in [0.25, 0.3) is 11.0 Å². The summed E-state index contributed by atoms with van der Waals surface area (Å²) in [5.41, 5.74) is 0.624. The number of benzene rings is 2. The van der Waals surface area contributed by atoms with Gasteiger partial charge < -0.3 is 19.5 Å².